The summed E-state index contributed by atoms with van der Waals surface area (Å²) >= 11 is 0. The van der Waals surface area contributed by atoms with Crippen LogP contribution >= 0.6 is 0 Å². The van der Waals surface area contributed by atoms with E-state index in [4.69, 9.17) is 0 Å². The van der Waals surface area contributed by atoms with Gasteiger partial charge in [0.2, 0.25) is 0 Å². The Morgan fingerprint density at radius 2 is 1.87 bits per heavy atom. The van der Waals surface area contributed by atoms with Crippen LogP contribution in [-0.2, 0) is 6.54 Å². The first-order chi connectivity index (χ1) is 14.6. The molecule has 1 aliphatic rings. The van der Waals surface area contributed by atoms with Gasteiger partial charge >= 0.3 is 0 Å². The molecule has 0 bridgehead atoms. The number of amides is 1. The highest BCUT2D eigenvalue weighted by Gasteiger charge is 2.28. The molecule has 1 saturated carbocycles. The maximum absolute atomic E-state index is 13.4. The molecule has 30 heavy (non-hydrogen) atoms. The fourth-order valence-electron chi connectivity index (χ4n) is 4.81. The van der Waals surface area contributed by atoms with E-state index < -0.39 is 0 Å². The van der Waals surface area contributed by atoms with Crippen LogP contribution in [0.4, 0.5) is 0 Å². The van der Waals surface area contributed by atoms with Crippen molar-refractivity contribution >= 4 is 22.5 Å². The molecule has 0 spiro atoms. The summed E-state index contributed by atoms with van der Waals surface area (Å²) in [5.74, 6) is 0.0774. The Balaban J connectivity index is 1.62. The van der Waals surface area contributed by atoms with Crippen molar-refractivity contribution in [3.05, 3.63) is 70.8 Å². The molecule has 0 radical (unpaired) electrons. The minimum Gasteiger partial charge on any atom is -0.331 e. The molecule has 6 heteroatoms. The number of rotatable bonds is 4. The molecule has 2 heterocycles. The fraction of sp³-hybridized carbons (Fsp3) is 0.333. The first kappa shape index (κ1) is 18.7. The van der Waals surface area contributed by atoms with Crippen LogP contribution in [-0.4, -0.2) is 36.9 Å². The Kier molecular flexibility index (Phi) is 4.69. The van der Waals surface area contributed by atoms with E-state index in [0.29, 0.717) is 6.54 Å². The zero-order chi connectivity index (χ0) is 20.7. The predicted octanol–water partition coefficient (Wildman–Crippen LogP) is 4.48. The Bertz CT molecular complexity index is 1220. The largest absolute Gasteiger partial charge is 0.331 e. The molecule has 5 rings (SSSR count). The molecule has 2 aromatic carbocycles. The third kappa shape index (κ3) is 3.22. The topological polar surface area (TPSA) is 63.4 Å². The second kappa shape index (κ2) is 7.52. The number of aromatic nitrogens is 4. The molecule has 1 amide bonds. The number of nitrogens with zero attached hydrogens (tertiary/aromatic N) is 5. The quantitative estimate of drug-likeness (QED) is 0.508. The number of fused-ring (bicyclic) bond motifs is 3. The van der Waals surface area contributed by atoms with Crippen molar-refractivity contribution in [2.24, 2.45) is 0 Å². The van der Waals surface area contributed by atoms with Gasteiger partial charge in [-0.05, 0) is 66.9 Å². The van der Waals surface area contributed by atoms with E-state index in [1.807, 2.05) is 39.7 Å². The number of carbonyl (C=O) groups excluding carboxylic acids is 1. The van der Waals surface area contributed by atoms with Crippen LogP contribution in [0.2, 0.25) is 0 Å². The minimum atomic E-state index is 0.0774. The molecule has 0 aliphatic heterocycles. The van der Waals surface area contributed by atoms with Crippen molar-refractivity contribution in [3.63, 3.8) is 0 Å². The van der Waals surface area contributed by atoms with E-state index >= 15 is 0 Å². The monoisotopic (exact) mass is 399 g/mol. The number of tetrazole rings is 1. The normalized spacial score (nSPS) is 14.6. The molecule has 152 valence electrons. The lowest BCUT2D eigenvalue weighted by molar-refractivity contribution is 0.0665. The molecule has 1 fully saturated rings. The highest BCUT2D eigenvalue weighted by molar-refractivity contribution is 5.94. The lowest BCUT2D eigenvalue weighted by atomic mass is 10.0. The van der Waals surface area contributed by atoms with Crippen LogP contribution < -0.4 is 0 Å². The third-order valence-electron chi connectivity index (χ3n) is 6.16. The van der Waals surface area contributed by atoms with Crippen LogP contribution in [0.3, 0.4) is 0 Å². The number of benzene rings is 2. The van der Waals surface area contributed by atoms with Crippen molar-refractivity contribution < 1.29 is 4.79 Å². The average molecular weight is 399 g/mol. The molecule has 2 aromatic heterocycles. The van der Waals surface area contributed by atoms with E-state index in [9.17, 15) is 4.79 Å². The SMILES string of the molecule is Cc1cc(C)c2c(c1)cc(CN(C(=O)c1ccccc1)C1CCCC1)c1nnnn12. The molecule has 0 N–H and O–H groups in total. The van der Waals surface area contributed by atoms with E-state index in [1.54, 1.807) is 0 Å². The van der Waals surface area contributed by atoms with E-state index in [1.165, 1.54) is 18.4 Å². The van der Waals surface area contributed by atoms with Gasteiger partial charge in [-0.25, -0.2) is 0 Å². The molecular formula is C24H25N5O. The highest BCUT2D eigenvalue weighted by Crippen LogP contribution is 2.29. The van der Waals surface area contributed by atoms with E-state index in [2.05, 4.69) is 47.6 Å². The first-order valence-electron chi connectivity index (χ1n) is 10.6. The van der Waals surface area contributed by atoms with Gasteiger partial charge in [-0.1, -0.05) is 42.7 Å². The standard InChI is InChI=1S/C24H25N5O/c1-16-12-17(2)22-19(13-16)14-20(23-25-26-27-29(22)23)15-28(21-10-6-7-11-21)24(30)18-8-4-3-5-9-18/h3-5,8-9,12-14,21H,6-7,10-11,15H2,1-2H3. The molecule has 4 aromatic rings. The number of hydrogen-bond acceptors (Lipinski definition) is 4. The van der Waals surface area contributed by atoms with Gasteiger partial charge in [0, 0.05) is 22.6 Å². The smallest absolute Gasteiger partial charge is 0.254 e. The van der Waals surface area contributed by atoms with Crippen molar-refractivity contribution in [2.45, 2.75) is 52.1 Å². The zero-order valence-corrected chi connectivity index (χ0v) is 17.4. The van der Waals surface area contributed by atoms with Crippen molar-refractivity contribution in [1.29, 1.82) is 0 Å². The van der Waals surface area contributed by atoms with E-state index in [0.717, 1.165) is 46.1 Å². The van der Waals surface area contributed by atoms with Gasteiger partial charge < -0.3 is 4.90 Å². The number of aryl methyl sites for hydroxylation is 2. The highest BCUT2D eigenvalue weighted by atomic mass is 16.2. The Hall–Kier alpha value is -3.28. The first-order valence-corrected chi connectivity index (χ1v) is 10.6. The van der Waals surface area contributed by atoms with Crippen molar-refractivity contribution in [3.8, 4) is 0 Å². The van der Waals surface area contributed by atoms with Gasteiger partial charge in [0.1, 0.15) is 0 Å². The summed E-state index contributed by atoms with van der Waals surface area (Å²) in [5, 5.41) is 13.6. The van der Waals surface area contributed by atoms with Crippen LogP contribution in [0.25, 0.3) is 16.6 Å². The summed E-state index contributed by atoms with van der Waals surface area (Å²) < 4.78 is 1.82. The second-order valence-corrected chi connectivity index (χ2v) is 8.34. The lowest BCUT2D eigenvalue weighted by Crippen LogP contribution is -2.38. The van der Waals surface area contributed by atoms with E-state index in [-0.39, 0.29) is 11.9 Å². The molecular weight excluding hydrogens is 374 g/mol. The Morgan fingerprint density at radius 1 is 1.10 bits per heavy atom. The summed E-state index contributed by atoms with van der Waals surface area (Å²) in [5.41, 5.74) is 5.79. The third-order valence-corrected chi connectivity index (χ3v) is 6.16. The van der Waals surface area contributed by atoms with Crippen molar-refractivity contribution in [1.82, 2.24) is 24.9 Å². The fourth-order valence-corrected chi connectivity index (χ4v) is 4.81. The molecule has 0 saturated heterocycles. The second-order valence-electron chi connectivity index (χ2n) is 8.34. The Morgan fingerprint density at radius 3 is 2.63 bits per heavy atom. The number of carbonyl (C=O) groups is 1. The van der Waals surface area contributed by atoms with Crippen LogP contribution in [0.1, 0.15) is 52.7 Å². The van der Waals surface area contributed by atoms with Crippen LogP contribution in [0, 0.1) is 13.8 Å². The summed E-state index contributed by atoms with van der Waals surface area (Å²) in [6, 6.07) is 16.3. The molecule has 6 nitrogen and oxygen atoms in total. The minimum absolute atomic E-state index is 0.0774. The maximum atomic E-state index is 13.4. The van der Waals surface area contributed by atoms with Crippen LogP contribution in [0.15, 0.2) is 48.5 Å². The maximum Gasteiger partial charge on any atom is 0.254 e. The van der Waals surface area contributed by atoms with Crippen molar-refractivity contribution in [2.75, 3.05) is 0 Å². The van der Waals surface area contributed by atoms with Gasteiger partial charge in [-0.2, -0.15) is 4.52 Å². The molecule has 0 atom stereocenters. The Labute approximate surface area is 175 Å². The van der Waals surface area contributed by atoms with Gasteiger partial charge in [0.25, 0.3) is 5.91 Å². The summed E-state index contributed by atoms with van der Waals surface area (Å²) in [6.07, 6.45) is 4.43. The van der Waals surface area contributed by atoms with Gasteiger partial charge in [0.15, 0.2) is 5.65 Å². The van der Waals surface area contributed by atoms with Crippen LogP contribution in [0.5, 0.6) is 0 Å². The predicted molar refractivity (Wildman–Crippen MR) is 116 cm³/mol. The summed E-state index contributed by atoms with van der Waals surface area (Å²) in [7, 11) is 0. The van der Waals surface area contributed by atoms with Gasteiger partial charge in [-0.3, -0.25) is 4.79 Å². The summed E-state index contributed by atoms with van der Waals surface area (Å²) in [4.78, 5) is 15.5. The van der Waals surface area contributed by atoms with Gasteiger partial charge in [-0.15, -0.1) is 5.10 Å². The van der Waals surface area contributed by atoms with Gasteiger partial charge in [0.05, 0.1) is 12.1 Å². The number of hydrogen-bond donors (Lipinski definition) is 0. The lowest BCUT2D eigenvalue weighted by Gasteiger charge is -2.29. The molecule has 0 unspecified atom stereocenters. The number of pyridine rings is 1. The zero-order valence-electron chi connectivity index (χ0n) is 17.4. The molecule has 1 aliphatic carbocycles. The average Bonchev–Trinajstić information content (AvgIpc) is 3.44. The summed E-state index contributed by atoms with van der Waals surface area (Å²) in [6.45, 7) is 4.69.